The molecule has 5 nitrogen and oxygen atoms in total. The highest BCUT2D eigenvalue weighted by molar-refractivity contribution is 7.26. The van der Waals surface area contributed by atoms with Gasteiger partial charge in [-0.05, 0) is 42.0 Å². The average Bonchev–Trinajstić information content (AvgIpc) is 3.82. The molecule has 5 aromatic heterocycles. The summed E-state index contributed by atoms with van der Waals surface area (Å²) in [5.74, 6) is 1.41. The van der Waals surface area contributed by atoms with Crippen LogP contribution in [0, 0.1) is 0 Å². The molecule has 0 atom stereocenters. The van der Waals surface area contributed by atoms with Crippen molar-refractivity contribution in [1.29, 1.82) is 0 Å². The molecule has 0 aliphatic heterocycles. The summed E-state index contributed by atoms with van der Waals surface area (Å²) in [4.78, 5) is 25.2. The Morgan fingerprint density at radius 1 is 0.389 bits per heavy atom. The molecule has 0 fully saturated rings. The SMILES string of the molecule is c1cncc(-c2cccc(-c3nc(-c4ccc(-c5nc(-c6cccc7c6sc6ccccc67)nc6c5sc5ccccc56)cc4)nc4ccccc34)c2)c1. The van der Waals surface area contributed by atoms with E-state index in [0.29, 0.717) is 5.82 Å². The molecule has 0 spiro atoms. The molecule has 0 radical (unpaired) electrons. The maximum Gasteiger partial charge on any atom is 0.161 e. The van der Waals surface area contributed by atoms with E-state index in [1.165, 1.54) is 24.9 Å². The molecule has 0 saturated heterocycles. The van der Waals surface area contributed by atoms with Crippen molar-refractivity contribution >= 4 is 74.1 Å². The smallest absolute Gasteiger partial charge is 0.161 e. The second-order valence-corrected chi connectivity index (χ2v) is 15.4. The summed E-state index contributed by atoms with van der Waals surface area (Å²) in [6.07, 6.45) is 3.69. The number of para-hydroxylation sites is 1. The molecule has 0 aliphatic rings. The topological polar surface area (TPSA) is 64.5 Å². The number of rotatable bonds is 5. The van der Waals surface area contributed by atoms with Gasteiger partial charge in [-0.25, -0.2) is 19.9 Å². The Kier molecular flexibility index (Phi) is 7.15. The highest BCUT2D eigenvalue weighted by atomic mass is 32.1. The van der Waals surface area contributed by atoms with Crippen LogP contribution in [0.2, 0.25) is 0 Å². The van der Waals surface area contributed by atoms with Crippen LogP contribution < -0.4 is 0 Å². The van der Waals surface area contributed by atoms with Crippen molar-refractivity contribution in [2.45, 2.75) is 0 Å². The Morgan fingerprint density at radius 3 is 1.91 bits per heavy atom. The normalized spacial score (nSPS) is 11.7. The molecule has 54 heavy (non-hydrogen) atoms. The summed E-state index contributed by atoms with van der Waals surface area (Å²) in [5.41, 5.74) is 9.89. The first-order valence-electron chi connectivity index (χ1n) is 17.7. The van der Waals surface area contributed by atoms with Gasteiger partial charge in [0.1, 0.15) is 0 Å². The lowest BCUT2D eigenvalue weighted by Crippen LogP contribution is -1.96. The number of hydrogen-bond donors (Lipinski definition) is 0. The van der Waals surface area contributed by atoms with E-state index in [1.807, 2.05) is 24.4 Å². The Labute approximate surface area is 318 Å². The van der Waals surface area contributed by atoms with Gasteiger partial charge in [0.05, 0.1) is 27.1 Å². The molecule has 0 saturated carbocycles. The standard InChI is InChI=1S/C47H27N5S2/c1-4-18-38-35(14-1)41(31-11-7-10-30(26-31)32-12-9-25-48-27-32)50-46(49-38)29-23-21-28(22-24-29)42-45-43(36-15-3-6-20-40(36)54-45)52-47(51-42)37-17-8-16-34-33-13-2-5-19-39(33)53-44(34)37/h1-27H. The van der Waals surface area contributed by atoms with Gasteiger partial charge in [0.25, 0.3) is 0 Å². The lowest BCUT2D eigenvalue weighted by atomic mass is 10.0. The van der Waals surface area contributed by atoms with Gasteiger partial charge in [0.2, 0.25) is 0 Å². The van der Waals surface area contributed by atoms with Gasteiger partial charge >= 0.3 is 0 Å². The van der Waals surface area contributed by atoms with Gasteiger partial charge in [0, 0.05) is 75.9 Å². The molecule has 0 amide bonds. The van der Waals surface area contributed by atoms with E-state index >= 15 is 0 Å². The van der Waals surface area contributed by atoms with Gasteiger partial charge in [0.15, 0.2) is 11.6 Å². The lowest BCUT2D eigenvalue weighted by Gasteiger charge is -2.11. The second kappa shape index (κ2) is 12.5. The van der Waals surface area contributed by atoms with E-state index in [1.54, 1.807) is 28.9 Å². The molecule has 252 valence electrons. The number of hydrogen-bond acceptors (Lipinski definition) is 7. The summed E-state index contributed by atoms with van der Waals surface area (Å²) in [7, 11) is 0. The molecule has 11 aromatic rings. The van der Waals surface area contributed by atoms with Crippen LogP contribution in [-0.2, 0) is 0 Å². The van der Waals surface area contributed by atoms with Crippen LogP contribution in [-0.4, -0.2) is 24.9 Å². The van der Waals surface area contributed by atoms with Crippen molar-refractivity contribution in [1.82, 2.24) is 24.9 Å². The van der Waals surface area contributed by atoms with Crippen LogP contribution in [0.4, 0.5) is 0 Å². The third-order valence-corrected chi connectivity index (χ3v) is 12.4. The average molecular weight is 726 g/mol. The van der Waals surface area contributed by atoms with Gasteiger partial charge < -0.3 is 0 Å². The predicted octanol–water partition coefficient (Wildman–Crippen LogP) is 12.9. The fourth-order valence-electron chi connectivity index (χ4n) is 7.41. The fraction of sp³-hybridized carbons (Fsp3) is 0. The summed E-state index contributed by atoms with van der Waals surface area (Å²) >= 11 is 3.55. The van der Waals surface area contributed by atoms with Gasteiger partial charge in [-0.3, -0.25) is 4.98 Å². The van der Waals surface area contributed by atoms with E-state index < -0.39 is 0 Å². The van der Waals surface area contributed by atoms with Gasteiger partial charge in [-0.2, -0.15) is 0 Å². The molecular weight excluding hydrogens is 699 g/mol. The number of benzene rings is 6. The molecule has 6 aromatic carbocycles. The zero-order valence-electron chi connectivity index (χ0n) is 28.6. The first kappa shape index (κ1) is 30.9. The molecule has 0 aliphatic carbocycles. The molecule has 5 heterocycles. The Bertz CT molecular complexity index is 3220. The van der Waals surface area contributed by atoms with E-state index in [-0.39, 0.29) is 0 Å². The molecule has 0 N–H and O–H groups in total. The van der Waals surface area contributed by atoms with Crippen LogP contribution in [0.1, 0.15) is 0 Å². The quantitative estimate of drug-likeness (QED) is 0.177. The maximum absolute atomic E-state index is 5.36. The predicted molar refractivity (Wildman–Crippen MR) is 226 cm³/mol. The van der Waals surface area contributed by atoms with E-state index in [9.17, 15) is 0 Å². The zero-order valence-corrected chi connectivity index (χ0v) is 30.3. The van der Waals surface area contributed by atoms with Crippen molar-refractivity contribution in [3.63, 3.8) is 0 Å². The van der Waals surface area contributed by atoms with E-state index in [0.717, 1.165) is 77.1 Å². The van der Waals surface area contributed by atoms with Crippen LogP contribution in [0.25, 0.3) is 108 Å². The Morgan fingerprint density at radius 2 is 1.06 bits per heavy atom. The van der Waals surface area contributed by atoms with Crippen molar-refractivity contribution in [2.75, 3.05) is 0 Å². The Balaban J connectivity index is 1.05. The number of pyridine rings is 1. The number of fused-ring (bicyclic) bond motifs is 7. The van der Waals surface area contributed by atoms with Crippen LogP contribution in [0.5, 0.6) is 0 Å². The number of nitrogens with zero attached hydrogens (tertiary/aromatic N) is 5. The summed E-state index contributed by atoms with van der Waals surface area (Å²) in [5, 5.41) is 4.65. The minimum absolute atomic E-state index is 0.675. The van der Waals surface area contributed by atoms with Crippen molar-refractivity contribution in [3.8, 4) is 56.4 Å². The third-order valence-electron chi connectivity index (χ3n) is 10.0. The summed E-state index contributed by atoms with van der Waals surface area (Å²) in [6, 6.07) is 52.8. The maximum atomic E-state index is 5.36. The first-order chi connectivity index (χ1) is 26.7. The molecule has 0 unspecified atom stereocenters. The minimum atomic E-state index is 0.675. The summed E-state index contributed by atoms with van der Waals surface area (Å²) in [6.45, 7) is 0. The monoisotopic (exact) mass is 725 g/mol. The number of thiophene rings is 2. The Hall–Kier alpha value is -6.67. The largest absolute Gasteiger partial charge is 0.264 e. The molecular formula is C47H27N5S2. The fourth-order valence-corrected chi connectivity index (χ4v) is 9.78. The van der Waals surface area contributed by atoms with Crippen molar-refractivity contribution in [3.05, 3.63) is 164 Å². The van der Waals surface area contributed by atoms with Crippen LogP contribution in [0.3, 0.4) is 0 Å². The van der Waals surface area contributed by atoms with Gasteiger partial charge in [-0.1, -0.05) is 115 Å². The lowest BCUT2D eigenvalue weighted by molar-refractivity contribution is 1.23. The molecule has 7 heteroatoms. The number of aromatic nitrogens is 5. The third kappa shape index (κ3) is 5.09. The summed E-state index contributed by atoms with van der Waals surface area (Å²) < 4.78 is 4.74. The molecule has 11 rings (SSSR count). The highest BCUT2D eigenvalue weighted by Gasteiger charge is 2.20. The highest BCUT2D eigenvalue weighted by Crippen LogP contribution is 2.43. The van der Waals surface area contributed by atoms with Crippen LogP contribution in [0.15, 0.2) is 164 Å². The van der Waals surface area contributed by atoms with Crippen molar-refractivity contribution in [2.24, 2.45) is 0 Å². The molecule has 0 bridgehead atoms. The van der Waals surface area contributed by atoms with E-state index in [4.69, 9.17) is 19.9 Å². The van der Waals surface area contributed by atoms with Gasteiger partial charge in [-0.15, -0.1) is 22.7 Å². The minimum Gasteiger partial charge on any atom is -0.264 e. The van der Waals surface area contributed by atoms with E-state index in [2.05, 4.69) is 138 Å². The van der Waals surface area contributed by atoms with Crippen molar-refractivity contribution < 1.29 is 0 Å². The second-order valence-electron chi connectivity index (χ2n) is 13.3. The first-order valence-corrected chi connectivity index (χ1v) is 19.4. The zero-order chi connectivity index (χ0) is 35.6. The van der Waals surface area contributed by atoms with Crippen LogP contribution >= 0.6 is 22.7 Å².